The molecular formula is C14H14ClN5O. The monoisotopic (exact) mass is 303 g/mol. The van der Waals surface area contributed by atoms with E-state index in [1.807, 2.05) is 0 Å². The van der Waals surface area contributed by atoms with E-state index >= 15 is 0 Å². The van der Waals surface area contributed by atoms with Gasteiger partial charge in [-0.1, -0.05) is 17.7 Å². The number of rotatable bonds is 4. The van der Waals surface area contributed by atoms with Gasteiger partial charge in [0, 0.05) is 21.8 Å². The van der Waals surface area contributed by atoms with Gasteiger partial charge in [0.2, 0.25) is 0 Å². The Hall–Kier alpha value is -2.73. The van der Waals surface area contributed by atoms with Gasteiger partial charge in [0.25, 0.3) is 5.91 Å². The van der Waals surface area contributed by atoms with E-state index in [1.54, 1.807) is 30.3 Å². The standard InChI is InChI=1S/C14H14ClN5O/c15-9-2-1-3-10(7-9)19-20-14(21)8-4-5-12(16)11(6-8)13(17)18/h1-7,19H,16H2,(H3,17,18)(H,20,21). The molecule has 2 aromatic rings. The molecule has 0 atom stereocenters. The average molecular weight is 304 g/mol. The lowest BCUT2D eigenvalue weighted by Crippen LogP contribution is -2.29. The zero-order valence-electron chi connectivity index (χ0n) is 11.0. The molecule has 7 N–H and O–H groups in total. The van der Waals surface area contributed by atoms with Gasteiger partial charge in [-0.25, -0.2) is 0 Å². The number of nitrogens with one attached hydrogen (secondary N) is 3. The first-order chi connectivity index (χ1) is 9.97. The van der Waals surface area contributed by atoms with Crippen molar-refractivity contribution in [3.63, 3.8) is 0 Å². The third-order valence-corrected chi connectivity index (χ3v) is 2.99. The first kappa shape index (κ1) is 14.7. The molecule has 0 bridgehead atoms. The van der Waals surface area contributed by atoms with E-state index in [4.69, 9.17) is 28.5 Å². The average Bonchev–Trinajstić information content (AvgIpc) is 2.45. The fraction of sp³-hybridized carbons (Fsp3) is 0. The summed E-state index contributed by atoms with van der Waals surface area (Å²) in [7, 11) is 0. The summed E-state index contributed by atoms with van der Waals surface area (Å²) in [5, 5.41) is 7.97. The number of anilines is 2. The van der Waals surface area contributed by atoms with E-state index in [1.165, 1.54) is 12.1 Å². The van der Waals surface area contributed by atoms with Gasteiger partial charge in [-0.05, 0) is 36.4 Å². The summed E-state index contributed by atoms with van der Waals surface area (Å²) in [4.78, 5) is 12.0. The van der Waals surface area contributed by atoms with Crippen LogP contribution in [0.5, 0.6) is 0 Å². The van der Waals surface area contributed by atoms with E-state index in [-0.39, 0.29) is 11.7 Å². The minimum absolute atomic E-state index is 0.190. The highest BCUT2D eigenvalue weighted by Crippen LogP contribution is 2.15. The summed E-state index contributed by atoms with van der Waals surface area (Å²) >= 11 is 5.85. The molecule has 0 unspecified atom stereocenters. The Labute approximate surface area is 126 Å². The van der Waals surface area contributed by atoms with Gasteiger partial charge in [-0.2, -0.15) is 0 Å². The van der Waals surface area contributed by atoms with Crippen molar-refractivity contribution in [3.8, 4) is 0 Å². The normalized spacial score (nSPS) is 9.95. The topological polar surface area (TPSA) is 117 Å². The molecule has 0 fully saturated rings. The molecule has 0 aliphatic rings. The lowest BCUT2D eigenvalue weighted by atomic mass is 10.1. The van der Waals surface area contributed by atoms with Gasteiger partial charge in [-0.15, -0.1) is 0 Å². The second-order valence-corrected chi connectivity index (χ2v) is 4.74. The third-order valence-electron chi connectivity index (χ3n) is 2.75. The highest BCUT2D eigenvalue weighted by Gasteiger charge is 2.10. The van der Waals surface area contributed by atoms with Crippen molar-refractivity contribution in [1.82, 2.24) is 5.43 Å². The second kappa shape index (κ2) is 6.15. The van der Waals surface area contributed by atoms with Crippen LogP contribution in [0, 0.1) is 5.41 Å². The molecule has 21 heavy (non-hydrogen) atoms. The Balaban J connectivity index is 2.10. The summed E-state index contributed by atoms with van der Waals surface area (Å²) in [5.74, 6) is -0.567. The predicted molar refractivity (Wildman–Crippen MR) is 84.4 cm³/mol. The van der Waals surface area contributed by atoms with Crippen molar-refractivity contribution < 1.29 is 4.79 Å². The molecule has 0 aliphatic carbocycles. The first-order valence-electron chi connectivity index (χ1n) is 6.03. The largest absolute Gasteiger partial charge is 0.398 e. The van der Waals surface area contributed by atoms with Crippen LogP contribution in [-0.2, 0) is 0 Å². The van der Waals surface area contributed by atoms with Crippen molar-refractivity contribution in [1.29, 1.82) is 5.41 Å². The van der Waals surface area contributed by atoms with Gasteiger partial charge in [0.1, 0.15) is 5.84 Å². The molecule has 0 aromatic heterocycles. The number of amidine groups is 1. The van der Waals surface area contributed by atoms with Crippen LogP contribution in [0.4, 0.5) is 11.4 Å². The van der Waals surface area contributed by atoms with E-state index in [2.05, 4.69) is 10.9 Å². The van der Waals surface area contributed by atoms with Gasteiger partial charge >= 0.3 is 0 Å². The number of halogens is 1. The molecule has 6 nitrogen and oxygen atoms in total. The molecule has 1 amide bonds. The summed E-state index contributed by atoms with van der Waals surface area (Å²) in [6, 6.07) is 11.5. The number of hydrogen-bond donors (Lipinski definition) is 5. The second-order valence-electron chi connectivity index (χ2n) is 4.31. The van der Waals surface area contributed by atoms with Crippen molar-refractivity contribution in [3.05, 3.63) is 58.6 Å². The van der Waals surface area contributed by atoms with Crippen molar-refractivity contribution >= 4 is 34.7 Å². The highest BCUT2D eigenvalue weighted by atomic mass is 35.5. The van der Waals surface area contributed by atoms with Crippen LogP contribution in [0.25, 0.3) is 0 Å². The number of hydrazine groups is 1. The molecule has 0 heterocycles. The number of hydrogen-bond acceptors (Lipinski definition) is 4. The quantitative estimate of drug-likeness (QED) is 0.257. The minimum atomic E-state index is -0.377. The van der Waals surface area contributed by atoms with Crippen LogP contribution in [-0.4, -0.2) is 11.7 Å². The number of carbonyl (C=O) groups excluding carboxylic acids is 1. The van der Waals surface area contributed by atoms with Crippen LogP contribution in [0.15, 0.2) is 42.5 Å². The zero-order valence-corrected chi connectivity index (χ0v) is 11.7. The predicted octanol–water partition coefficient (Wildman–Crippen LogP) is 1.96. The van der Waals surface area contributed by atoms with E-state index < -0.39 is 0 Å². The molecule has 0 spiro atoms. The Morgan fingerprint density at radius 2 is 1.95 bits per heavy atom. The van der Waals surface area contributed by atoms with Crippen molar-refractivity contribution in [2.45, 2.75) is 0 Å². The Morgan fingerprint density at radius 3 is 2.62 bits per heavy atom. The highest BCUT2D eigenvalue weighted by molar-refractivity contribution is 6.30. The zero-order chi connectivity index (χ0) is 15.4. The molecule has 0 saturated carbocycles. The van der Waals surface area contributed by atoms with Gasteiger partial charge in [-0.3, -0.25) is 21.1 Å². The molecule has 2 aromatic carbocycles. The van der Waals surface area contributed by atoms with Gasteiger partial charge < -0.3 is 11.5 Å². The maximum Gasteiger partial charge on any atom is 0.269 e. The van der Waals surface area contributed by atoms with Crippen LogP contribution in [0.2, 0.25) is 5.02 Å². The fourth-order valence-corrected chi connectivity index (χ4v) is 1.89. The number of nitrogen functional groups attached to an aromatic ring is 2. The van der Waals surface area contributed by atoms with Gasteiger partial charge in [0.15, 0.2) is 0 Å². The number of amides is 1. The molecule has 108 valence electrons. The molecule has 0 aliphatic heterocycles. The third kappa shape index (κ3) is 3.64. The molecule has 0 radical (unpaired) electrons. The SMILES string of the molecule is N=C(N)c1cc(C(=O)NNc2cccc(Cl)c2)ccc1N. The molecule has 2 rings (SSSR count). The Bertz CT molecular complexity index is 702. The van der Waals surface area contributed by atoms with E-state index in [9.17, 15) is 4.79 Å². The summed E-state index contributed by atoms with van der Waals surface area (Å²) in [6.07, 6.45) is 0. The number of carbonyl (C=O) groups is 1. The maximum absolute atomic E-state index is 12.0. The maximum atomic E-state index is 12.0. The number of nitrogens with two attached hydrogens (primary N) is 2. The lowest BCUT2D eigenvalue weighted by Gasteiger charge is -2.10. The first-order valence-corrected chi connectivity index (χ1v) is 6.41. The smallest absolute Gasteiger partial charge is 0.269 e. The number of benzene rings is 2. The van der Waals surface area contributed by atoms with Crippen LogP contribution in [0.3, 0.4) is 0 Å². The van der Waals surface area contributed by atoms with E-state index in [0.717, 1.165) is 0 Å². The Morgan fingerprint density at radius 1 is 1.19 bits per heavy atom. The van der Waals surface area contributed by atoms with Crippen molar-refractivity contribution in [2.75, 3.05) is 11.2 Å². The molecule has 7 heteroatoms. The Kier molecular flexibility index (Phi) is 4.30. The van der Waals surface area contributed by atoms with E-state index in [0.29, 0.717) is 27.5 Å². The van der Waals surface area contributed by atoms with Gasteiger partial charge in [0.05, 0.1) is 5.69 Å². The van der Waals surface area contributed by atoms with Crippen molar-refractivity contribution in [2.24, 2.45) is 5.73 Å². The fourth-order valence-electron chi connectivity index (χ4n) is 1.70. The summed E-state index contributed by atoms with van der Waals surface area (Å²) in [5.41, 5.74) is 18.0. The minimum Gasteiger partial charge on any atom is -0.398 e. The molecule has 0 saturated heterocycles. The molecular weight excluding hydrogens is 290 g/mol. The van der Waals surface area contributed by atoms with Crippen LogP contribution in [0.1, 0.15) is 15.9 Å². The lowest BCUT2D eigenvalue weighted by molar-refractivity contribution is 0.0962. The summed E-state index contributed by atoms with van der Waals surface area (Å²) in [6.45, 7) is 0. The van der Waals surface area contributed by atoms with Crippen LogP contribution >= 0.6 is 11.6 Å². The summed E-state index contributed by atoms with van der Waals surface area (Å²) < 4.78 is 0. The van der Waals surface area contributed by atoms with Crippen LogP contribution < -0.4 is 22.3 Å².